The molecule has 0 bridgehead atoms. The summed E-state index contributed by atoms with van der Waals surface area (Å²) >= 11 is 0. The van der Waals surface area contributed by atoms with Crippen molar-refractivity contribution >= 4 is 63.0 Å². The van der Waals surface area contributed by atoms with Crippen LogP contribution in [0.2, 0.25) is 0 Å². The monoisotopic (exact) mass is 1100 g/mol. The number of carboxylic acid groups (broad SMARTS) is 3. The first-order valence-electron chi connectivity index (χ1n) is 28.5. The van der Waals surface area contributed by atoms with Crippen LogP contribution < -0.4 is 31.8 Å². The summed E-state index contributed by atoms with van der Waals surface area (Å²) in [5.74, 6) is -4.23. The Hall–Kier alpha value is -4.15. The largest absolute Gasteiger partial charge is 0.481 e. The number of amides is 4. The Kier molecular flexibility index (Phi) is 66.5. The summed E-state index contributed by atoms with van der Waals surface area (Å²) in [5.41, 5.74) is -0.903. The average molecular weight is 1100 g/mol. The molecule has 2 unspecified atom stereocenters. The van der Waals surface area contributed by atoms with E-state index in [9.17, 15) is 43.5 Å². The van der Waals surface area contributed by atoms with E-state index in [1.807, 2.05) is 41.5 Å². The van der Waals surface area contributed by atoms with E-state index in [-0.39, 0.29) is 121 Å². The Morgan fingerprint density at radius 2 is 0.818 bits per heavy atom. The van der Waals surface area contributed by atoms with Crippen LogP contribution in [-0.4, -0.2) is 176 Å². The van der Waals surface area contributed by atoms with E-state index in [4.69, 9.17) is 45.0 Å². The highest BCUT2D eigenvalue weighted by molar-refractivity contribution is 6.59. The van der Waals surface area contributed by atoms with Gasteiger partial charge in [0, 0.05) is 38.9 Å². The van der Waals surface area contributed by atoms with Gasteiger partial charge in [-0.15, -0.1) is 0 Å². The van der Waals surface area contributed by atoms with E-state index in [0.717, 1.165) is 38.5 Å². The van der Waals surface area contributed by atoms with Crippen molar-refractivity contribution in [3.63, 3.8) is 0 Å². The van der Waals surface area contributed by atoms with Gasteiger partial charge < -0.3 is 70.9 Å². The molecule has 0 heterocycles. The highest BCUT2D eigenvalue weighted by atomic mass is 16.5. The standard InChI is InChI=1S/C43H78BN5O14.C5H10BNO.3C2H6/c44-49-36(43(58)59)19-17-18-24-45-39(52)33-62-31-30-61-28-26-47-40(53)34-63-32-29-60-27-25-46-37(50)23-22-35(42(56)57)48-38(51)20-15-13-11-9-7-5-3-1-2-4-6-8-10-12-14-16-21-41(54)55;1-5(2,7-3)4(6)8;3*1-2/h35-36,49H,1-34H2,(H,45,52)(H,46,50)(H,47,53)(H,48,51)(H,54,55)(H,56,57)(H,58,59);7H,1-3H3;3*1-2H3. The van der Waals surface area contributed by atoms with Crippen molar-refractivity contribution in [3.05, 3.63) is 0 Å². The fourth-order valence-electron chi connectivity index (χ4n) is 6.42. The molecule has 0 aliphatic rings. The number of hydrogen-bond donors (Lipinski definition) is 9. The van der Waals surface area contributed by atoms with Crippen LogP contribution in [-0.2, 0) is 57.3 Å². The van der Waals surface area contributed by atoms with Crippen molar-refractivity contribution in [1.82, 2.24) is 31.8 Å². The molecule has 77 heavy (non-hydrogen) atoms. The van der Waals surface area contributed by atoms with Crippen molar-refractivity contribution in [2.75, 3.05) is 79.5 Å². The van der Waals surface area contributed by atoms with Crippen molar-refractivity contribution in [2.45, 2.75) is 221 Å². The third kappa shape index (κ3) is 62.6. The van der Waals surface area contributed by atoms with Crippen molar-refractivity contribution in [3.8, 4) is 0 Å². The SMILES string of the molecule is CC.CC.CC.[B]C(=O)C(C)(C)NC.[B]NC(CCCCNC(=O)COCCOCCNC(=O)COCCOCCNC(=O)CCC(NC(=O)CCCCCCCCCCCCCCCCCCC(=O)O)C(=O)O)C(=O)O. The average Bonchev–Trinajstić information content (AvgIpc) is 3.41. The molecule has 0 aromatic rings. The second kappa shape index (κ2) is 62.7. The Labute approximate surface area is 466 Å². The first-order valence-corrected chi connectivity index (χ1v) is 28.5. The molecule has 23 heteroatoms. The summed E-state index contributed by atoms with van der Waals surface area (Å²) in [7, 11) is 11.8. The van der Waals surface area contributed by atoms with Gasteiger partial charge in [0.25, 0.3) is 0 Å². The number of carbonyl (C=O) groups excluding carboxylic acids is 5. The van der Waals surface area contributed by atoms with Gasteiger partial charge in [0.1, 0.15) is 19.3 Å². The molecule has 9 N–H and O–H groups in total. The van der Waals surface area contributed by atoms with Crippen LogP contribution in [0.3, 0.4) is 0 Å². The summed E-state index contributed by atoms with van der Waals surface area (Å²) in [4.78, 5) is 91.7. The number of carboxylic acids is 3. The van der Waals surface area contributed by atoms with Crippen LogP contribution >= 0.6 is 0 Å². The van der Waals surface area contributed by atoms with Crippen LogP contribution in [0.25, 0.3) is 0 Å². The van der Waals surface area contributed by atoms with E-state index in [2.05, 4.69) is 31.8 Å². The Morgan fingerprint density at radius 3 is 1.18 bits per heavy atom. The number of nitrogens with one attached hydrogen (secondary N) is 6. The number of aliphatic carboxylic acids is 3. The second-order valence-electron chi connectivity index (χ2n) is 17.7. The zero-order valence-corrected chi connectivity index (χ0v) is 49.1. The number of carbonyl (C=O) groups is 8. The highest BCUT2D eigenvalue weighted by Crippen LogP contribution is 2.15. The van der Waals surface area contributed by atoms with Gasteiger partial charge in [0.05, 0.1) is 56.9 Å². The van der Waals surface area contributed by atoms with Gasteiger partial charge >= 0.3 is 17.9 Å². The Morgan fingerprint density at radius 1 is 0.442 bits per heavy atom. The lowest BCUT2D eigenvalue weighted by Crippen LogP contribution is -2.44. The lowest BCUT2D eigenvalue weighted by atomic mass is 9.85. The van der Waals surface area contributed by atoms with Crippen LogP contribution in [0.5, 0.6) is 0 Å². The fourth-order valence-corrected chi connectivity index (χ4v) is 6.42. The lowest BCUT2D eigenvalue weighted by Gasteiger charge is -2.19. The molecular formula is C54H106B2N6O15. The number of ether oxygens (including phenoxy) is 4. The van der Waals surface area contributed by atoms with Crippen molar-refractivity contribution < 1.29 is 72.6 Å². The van der Waals surface area contributed by atoms with E-state index in [1.54, 1.807) is 20.9 Å². The summed E-state index contributed by atoms with van der Waals surface area (Å²) in [6, 6.07) is -1.96. The van der Waals surface area contributed by atoms with Crippen LogP contribution in [0.4, 0.5) is 0 Å². The van der Waals surface area contributed by atoms with Gasteiger partial charge in [-0.05, 0) is 59.4 Å². The number of rotatable bonds is 49. The summed E-state index contributed by atoms with van der Waals surface area (Å²) in [6.07, 6.45) is 19.8. The van der Waals surface area contributed by atoms with Crippen LogP contribution in [0, 0.1) is 0 Å². The maximum atomic E-state index is 12.3. The summed E-state index contributed by atoms with van der Waals surface area (Å²) in [6.45, 7) is 17.2. The predicted octanol–water partition coefficient (Wildman–Crippen LogP) is 5.91. The molecule has 21 nitrogen and oxygen atoms in total. The Balaban J connectivity index is -0.00000110. The number of likely N-dealkylation sites (N-methyl/N-ethyl adjacent to an activating group) is 1. The molecule has 0 aliphatic carbocycles. The van der Waals surface area contributed by atoms with Gasteiger partial charge in [-0.3, -0.25) is 28.8 Å². The van der Waals surface area contributed by atoms with Gasteiger partial charge in [0.15, 0.2) is 15.8 Å². The van der Waals surface area contributed by atoms with Crippen LogP contribution in [0.1, 0.15) is 203 Å². The maximum Gasteiger partial charge on any atom is 0.326 e. The molecule has 4 radical (unpaired) electrons. The maximum absolute atomic E-state index is 12.3. The van der Waals surface area contributed by atoms with E-state index in [0.29, 0.717) is 32.2 Å². The lowest BCUT2D eigenvalue weighted by molar-refractivity contribution is -0.142. The first kappa shape index (κ1) is 81.7. The molecule has 2 atom stereocenters. The van der Waals surface area contributed by atoms with Gasteiger partial charge in [-0.2, -0.15) is 0 Å². The molecule has 0 aromatic heterocycles. The zero-order chi connectivity index (χ0) is 59.4. The minimum atomic E-state index is -1.19. The molecule has 0 spiro atoms. The van der Waals surface area contributed by atoms with Crippen LogP contribution in [0.15, 0.2) is 0 Å². The van der Waals surface area contributed by atoms with Crippen molar-refractivity contribution in [1.29, 1.82) is 0 Å². The minimum absolute atomic E-state index is 0.0295. The molecular weight excluding hydrogens is 994 g/mol. The van der Waals surface area contributed by atoms with Gasteiger partial charge in [-0.1, -0.05) is 131 Å². The Bertz CT molecular complexity index is 1450. The molecule has 0 saturated heterocycles. The molecule has 0 aromatic carbocycles. The quantitative estimate of drug-likeness (QED) is 0.0253. The predicted molar refractivity (Wildman–Crippen MR) is 304 cm³/mol. The smallest absolute Gasteiger partial charge is 0.326 e. The molecule has 448 valence electrons. The van der Waals surface area contributed by atoms with Gasteiger partial charge in [0.2, 0.25) is 23.6 Å². The molecule has 4 amide bonds. The number of unbranched alkanes of at least 4 members (excludes halogenated alkanes) is 16. The zero-order valence-electron chi connectivity index (χ0n) is 49.1. The third-order valence-corrected chi connectivity index (χ3v) is 11.2. The van der Waals surface area contributed by atoms with E-state index >= 15 is 0 Å². The third-order valence-electron chi connectivity index (χ3n) is 11.2. The molecule has 0 aliphatic heterocycles. The van der Waals surface area contributed by atoms with Crippen molar-refractivity contribution in [2.24, 2.45) is 0 Å². The summed E-state index contributed by atoms with van der Waals surface area (Å²) < 4.78 is 21.3. The normalized spacial score (nSPS) is 11.2. The van der Waals surface area contributed by atoms with Gasteiger partial charge in [-0.25, -0.2) is 4.79 Å². The molecule has 0 rings (SSSR count). The highest BCUT2D eigenvalue weighted by Gasteiger charge is 2.21. The summed E-state index contributed by atoms with van der Waals surface area (Å²) in [5, 5.41) is 42.6. The topological polar surface area (TPSA) is 306 Å². The van der Waals surface area contributed by atoms with E-state index < -0.39 is 35.5 Å². The second-order valence-corrected chi connectivity index (χ2v) is 17.7. The number of hydrogen-bond acceptors (Lipinski definition) is 14. The van der Waals surface area contributed by atoms with E-state index in [1.165, 1.54) is 57.8 Å². The fraction of sp³-hybridized carbons (Fsp3) is 0.852. The molecule has 0 fully saturated rings. The molecule has 0 saturated carbocycles. The minimum Gasteiger partial charge on any atom is -0.481 e. The first-order chi connectivity index (χ1) is 37.0.